The zero-order valence-corrected chi connectivity index (χ0v) is 9.34. The highest BCUT2D eigenvalue weighted by Gasteiger charge is 2.19. The predicted molar refractivity (Wildman–Crippen MR) is 58.0 cm³/mol. The fraction of sp³-hybridized carbons (Fsp3) is 0.182. The van der Waals surface area contributed by atoms with E-state index in [-0.39, 0.29) is 12.2 Å². The molecule has 2 rings (SSSR count). The lowest BCUT2D eigenvalue weighted by molar-refractivity contribution is -0.135. The van der Waals surface area contributed by atoms with Crippen LogP contribution in [-0.4, -0.2) is 11.1 Å². The van der Waals surface area contributed by atoms with Gasteiger partial charge in [-0.2, -0.15) is 0 Å². The molecule has 0 atom stereocenters. The minimum Gasteiger partial charge on any atom is -0.481 e. The summed E-state index contributed by atoms with van der Waals surface area (Å²) in [6.45, 7) is 0. The van der Waals surface area contributed by atoms with Crippen LogP contribution in [0.25, 0.3) is 5.57 Å². The molecule has 1 aliphatic carbocycles. The molecular formula is C11H8BrFO2. The smallest absolute Gasteiger partial charge is 0.307 e. The average Bonchev–Trinajstić information content (AvgIpc) is 2.48. The van der Waals surface area contributed by atoms with Crippen LogP contribution in [0.2, 0.25) is 0 Å². The van der Waals surface area contributed by atoms with Crippen LogP contribution in [0.15, 0.2) is 22.7 Å². The lowest BCUT2D eigenvalue weighted by atomic mass is 10.0. The molecule has 0 spiro atoms. The van der Waals surface area contributed by atoms with E-state index in [1.165, 1.54) is 12.1 Å². The van der Waals surface area contributed by atoms with Crippen LogP contribution in [0.3, 0.4) is 0 Å². The fourth-order valence-electron chi connectivity index (χ4n) is 1.76. The van der Waals surface area contributed by atoms with Crippen LogP contribution in [-0.2, 0) is 11.2 Å². The van der Waals surface area contributed by atoms with E-state index in [0.717, 1.165) is 5.56 Å². The molecule has 1 N–H and O–H groups in total. The first kappa shape index (κ1) is 10.4. The lowest BCUT2D eigenvalue weighted by Crippen LogP contribution is -1.96. The summed E-state index contributed by atoms with van der Waals surface area (Å²) < 4.78 is 13.8. The summed E-state index contributed by atoms with van der Waals surface area (Å²) in [5, 5.41) is 8.69. The number of aliphatic carboxylic acids is 1. The van der Waals surface area contributed by atoms with Gasteiger partial charge in [-0.1, -0.05) is 22.0 Å². The van der Waals surface area contributed by atoms with Crippen molar-refractivity contribution in [1.29, 1.82) is 0 Å². The van der Waals surface area contributed by atoms with Crippen LogP contribution in [0.5, 0.6) is 0 Å². The molecule has 4 heteroatoms. The van der Waals surface area contributed by atoms with Crippen LogP contribution in [0, 0.1) is 5.82 Å². The van der Waals surface area contributed by atoms with E-state index in [1.54, 1.807) is 0 Å². The number of carboxylic acids is 1. The van der Waals surface area contributed by atoms with E-state index in [2.05, 4.69) is 15.9 Å². The monoisotopic (exact) mass is 270 g/mol. The maximum Gasteiger partial charge on any atom is 0.307 e. The Hall–Kier alpha value is -1.16. The summed E-state index contributed by atoms with van der Waals surface area (Å²) in [5.74, 6) is -1.24. The Balaban J connectivity index is 2.43. The van der Waals surface area contributed by atoms with Gasteiger partial charge in [0.25, 0.3) is 0 Å². The van der Waals surface area contributed by atoms with Gasteiger partial charge in [0.05, 0.1) is 6.42 Å². The van der Waals surface area contributed by atoms with Gasteiger partial charge in [-0.05, 0) is 35.3 Å². The first-order chi connectivity index (χ1) is 7.08. The SMILES string of the molecule is O=C(O)CC1=CCc2c(Br)cc(F)cc21. The number of fused-ring (bicyclic) bond motifs is 1. The molecule has 0 fully saturated rings. The van der Waals surface area contributed by atoms with Crippen LogP contribution < -0.4 is 0 Å². The maximum absolute atomic E-state index is 13.1. The molecule has 78 valence electrons. The largest absolute Gasteiger partial charge is 0.481 e. The topological polar surface area (TPSA) is 37.3 Å². The predicted octanol–water partition coefficient (Wildman–Crippen LogP) is 3.00. The second kappa shape index (κ2) is 3.77. The third-order valence-corrected chi connectivity index (χ3v) is 3.11. The van der Waals surface area contributed by atoms with Gasteiger partial charge in [0.2, 0.25) is 0 Å². The van der Waals surface area contributed by atoms with Gasteiger partial charge in [0.1, 0.15) is 5.82 Å². The van der Waals surface area contributed by atoms with E-state index in [1.807, 2.05) is 6.08 Å². The van der Waals surface area contributed by atoms with E-state index in [0.29, 0.717) is 22.0 Å². The molecule has 0 aromatic heterocycles. The van der Waals surface area contributed by atoms with Gasteiger partial charge < -0.3 is 5.11 Å². The number of hydrogen-bond donors (Lipinski definition) is 1. The molecule has 0 unspecified atom stereocenters. The minimum absolute atomic E-state index is 0.0527. The highest BCUT2D eigenvalue weighted by molar-refractivity contribution is 9.10. The maximum atomic E-state index is 13.1. The Bertz CT molecular complexity index is 466. The van der Waals surface area contributed by atoms with Crippen LogP contribution >= 0.6 is 15.9 Å². The molecule has 0 bridgehead atoms. The summed E-state index contributed by atoms with van der Waals surface area (Å²) in [5.41, 5.74) is 2.37. The van der Waals surface area contributed by atoms with Crippen molar-refractivity contribution in [3.63, 3.8) is 0 Å². The third kappa shape index (κ3) is 1.95. The van der Waals surface area contributed by atoms with Gasteiger partial charge in [0, 0.05) is 4.47 Å². The van der Waals surface area contributed by atoms with E-state index in [4.69, 9.17) is 5.11 Å². The van der Waals surface area contributed by atoms with Crippen molar-refractivity contribution in [2.75, 3.05) is 0 Å². The van der Waals surface area contributed by atoms with Crippen molar-refractivity contribution in [2.24, 2.45) is 0 Å². The highest BCUT2D eigenvalue weighted by Crippen LogP contribution is 2.35. The third-order valence-electron chi connectivity index (χ3n) is 2.40. The number of carbonyl (C=O) groups is 1. The average molecular weight is 271 g/mol. The number of hydrogen-bond acceptors (Lipinski definition) is 1. The Labute approximate surface area is 94.5 Å². The second-order valence-electron chi connectivity index (χ2n) is 3.42. The fourth-order valence-corrected chi connectivity index (χ4v) is 2.36. The molecule has 1 aromatic rings. The van der Waals surface area contributed by atoms with Crippen molar-refractivity contribution in [3.05, 3.63) is 39.6 Å². The molecule has 15 heavy (non-hydrogen) atoms. The van der Waals surface area contributed by atoms with Crippen LogP contribution in [0.1, 0.15) is 17.5 Å². The van der Waals surface area contributed by atoms with Crippen molar-refractivity contribution in [3.8, 4) is 0 Å². The Kier molecular flexibility index (Phi) is 2.61. The molecule has 1 aromatic carbocycles. The first-order valence-electron chi connectivity index (χ1n) is 4.47. The molecular weight excluding hydrogens is 263 g/mol. The van der Waals surface area contributed by atoms with Crippen molar-refractivity contribution in [2.45, 2.75) is 12.8 Å². The van der Waals surface area contributed by atoms with Crippen LogP contribution in [0.4, 0.5) is 4.39 Å². The molecule has 0 saturated carbocycles. The van der Waals surface area contributed by atoms with Crippen molar-refractivity contribution < 1.29 is 14.3 Å². The van der Waals surface area contributed by atoms with E-state index >= 15 is 0 Å². The summed E-state index contributed by atoms with van der Waals surface area (Å²) in [6.07, 6.45) is 2.45. The van der Waals surface area contributed by atoms with Gasteiger partial charge >= 0.3 is 5.97 Å². The molecule has 2 nitrogen and oxygen atoms in total. The number of halogens is 2. The normalized spacial score (nSPS) is 13.6. The van der Waals surface area contributed by atoms with Gasteiger partial charge in [-0.15, -0.1) is 0 Å². The summed E-state index contributed by atoms with van der Waals surface area (Å²) in [7, 11) is 0. The second-order valence-corrected chi connectivity index (χ2v) is 4.27. The minimum atomic E-state index is -0.894. The quantitative estimate of drug-likeness (QED) is 0.897. The van der Waals surface area contributed by atoms with E-state index in [9.17, 15) is 9.18 Å². The zero-order chi connectivity index (χ0) is 11.0. The van der Waals surface area contributed by atoms with Gasteiger partial charge in [-0.25, -0.2) is 4.39 Å². The Morgan fingerprint density at radius 1 is 1.53 bits per heavy atom. The number of allylic oxidation sites excluding steroid dienone is 1. The summed E-state index contributed by atoms with van der Waals surface area (Å²) in [4.78, 5) is 10.6. The first-order valence-corrected chi connectivity index (χ1v) is 5.26. The zero-order valence-electron chi connectivity index (χ0n) is 7.76. The summed E-state index contributed by atoms with van der Waals surface area (Å²) in [6, 6.07) is 2.79. The van der Waals surface area contributed by atoms with Gasteiger partial charge in [0.15, 0.2) is 0 Å². The van der Waals surface area contributed by atoms with Crippen molar-refractivity contribution in [1.82, 2.24) is 0 Å². The molecule has 0 radical (unpaired) electrons. The number of rotatable bonds is 2. The van der Waals surface area contributed by atoms with Gasteiger partial charge in [-0.3, -0.25) is 4.79 Å². The number of benzene rings is 1. The number of carboxylic acid groups (broad SMARTS) is 1. The molecule has 0 aliphatic heterocycles. The molecule has 0 saturated heterocycles. The van der Waals surface area contributed by atoms with E-state index < -0.39 is 5.97 Å². The standard InChI is InChI=1S/C11H8BrFO2/c12-10-5-7(13)4-9-6(3-11(14)15)1-2-8(9)10/h1,4-5H,2-3H2,(H,14,15). The Morgan fingerprint density at radius 3 is 2.93 bits per heavy atom. The molecule has 0 heterocycles. The molecule has 0 amide bonds. The highest BCUT2D eigenvalue weighted by atomic mass is 79.9. The Morgan fingerprint density at radius 2 is 2.27 bits per heavy atom. The molecule has 1 aliphatic rings. The summed E-state index contributed by atoms with van der Waals surface area (Å²) >= 11 is 3.27. The van der Waals surface area contributed by atoms with Crippen molar-refractivity contribution >= 4 is 27.5 Å². The lowest BCUT2D eigenvalue weighted by Gasteiger charge is -2.05.